The number of aromatic nitrogens is 2. The molecule has 4 atom stereocenters. The lowest BCUT2D eigenvalue weighted by atomic mass is 9.79. The lowest BCUT2D eigenvalue weighted by Crippen LogP contribution is -2.40. The number of benzene rings is 10. The van der Waals surface area contributed by atoms with E-state index in [2.05, 4.69) is 252 Å². The Morgan fingerprint density at radius 1 is 0.532 bits per heavy atom. The Labute approximate surface area is 460 Å². The number of amidine groups is 1. The molecule has 3 aromatic heterocycles. The summed E-state index contributed by atoms with van der Waals surface area (Å²) in [5, 5.41) is 19.1. The summed E-state index contributed by atoms with van der Waals surface area (Å²) in [4.78, 5) is 7.45. The summed E-state index contributed by atoms with van der Waals surface area (Å²) in [6, 6.07) is 71.6. The van der Waals surface area contributed by atoms with Gasteiger partial charge in [-0.05, 0) is 129 Å². The zero-order chi connectivity index (χ0) is 51.9. The lowest BCUT2D eigenvalue weighted by Gasteiger charge is -2.31. The molecule has 1 N–H and O–H groups in total. The van der Waals surface area contributed by atoms with E-state index in [0.717, 1.165) is 91.7 Å². The van der Waals surface area contributed by atoms with E-state index in [9.17, 15) is 0 Å². The number of allylic oxidation sites excluding steroid dienone is 5. The van der Waals surface area contributed by atoms with Crippen molar-refractivity contribution >= 4 is 121 Å². The van der Waals surface area contributed by atoms with Gasteiger partial charge >= 0.3 is 0 Å². The van der Waals surface area contributed by atoms with Crippen LogP contribution < -0.4 is 5.32 Å². The molecule has 0 amide bonds. The van der Waals surface area contributed by atoms with Crippen molar-refractivity contribution in [2.45, 2.75) is 37.5 Å². The van der Waals surface area contributed by atoms with Gasteiger partial charge in [0.05, 0.1) is 38.8 Å². The SMILES string of the molecule is CCC1=C(c2ccc3c4ccccc4n(-c4ccccc4)c3c2)N=C(c2cc(-n3c4cc5ccccc5cc4c4c5ccccc5ccc43)c3c(c2)oc2cc4ccccc4cc23)NC(C2C=CC3=C(C2)C2C=CC=CC2S3)C1. The molecular formula is C73H52N4OS. The van der Waals surface area contributed by atoms with Gasteiger partial charge in [0.2, 0.25) is 0 Å². The number of nitrogens with one attached hydrogen (secondary N) is 1. The number of furan rings is 1. The number of para-hydroxylation sites is 2. The molecule has 17 rings (SSSR count). The normalized spacial score (nSPS) is 19.3. The predicted molar refractivity (Wildman–Crippen MR) is 334 cm³/mol. The van der Waals surface area contributed by atoms with Crippen LogP contribution in [0.15, 0.2) is 256 Å². The van der Waals surface area contributed by atoms with E-state index in [0.29, 0.717) is 11.2 Å². The predicted octanol–water partition coefficient (Wildman–Crippen LogP) is 18.9. The van der Waals surface area contributed by atoms with Gasteiger partial charge in [0.1, 0.15) is 17.0 Å². The minimum absolute atomic E-state index is 0.0641. The van der Waals surface area contributed by atoms with Gasteiger partial charge in [-0.3, -0.25) is 0 Å². The van der Waals surface area contributed by atoms with Gasteiger partial charge in [0.25, 0.3) is 0 Å². The number of hydrogen-bond acceptors (Lipinski definition) is 4. The van der Waals surface area contributed by atoms with Crippen LogP contribution in [0, 0.1) is 11.8 Å². The second-order valence-corrected chi connectivity index (χ2v) is 23.3. The van der Waals surface area contributed by atoms with Crippen LogP contribution >= 0.6 is 11.8 Å². The molecule has 0 radical (unpaired) electrons. The molecule has 2 aliphatic heterocycles. The average molecular weight is 1030 g/mol. The number of rotatable bonds is 6. The first kappa shape index (κ1) is 45.0. The summed E-state index contributed by atoms with van der Waals surface area (Å²) in [6.07, 6.45) is 16.9. The molecule has 2 aliphatic carbocycles. The van der Waals surface area contributed by atoms with Gasteiger partial charge in [0.15, 0.2) is 0 Å². The second kappa shape index (κ2) is 17.5. The van der Waals surface area contributed by atoms with Crippen LogP contribution in [0.5, 0.6) is 0 Å². The standard InChI is InChI=1S/C73H52N4OS/c1-2-43-37-60(49-30-33-69-57(36-49)56-25-13-15-27-68(56)79-69)74-73(75-72(43)50-28-31-55-54-24-12-14-26-61(54)76(63(55)39-50)52-21-4-3-5-22-52)51-40-65(71-59-35-46-18-7-9-20-48(46)41-66(59)78-67(71)42-51)77-62-32-29-44-16-10-11-23-53(44)70(62)58-34-45-17-6-8-19-47(45)38-64(58)77/h3-35,38-42,49,56,60,68H,2,36-37H2,1H3,(H,74,75). The largest absolute Gasteiger partial charge is 0.456 e. The molecule has 5 heterocycles. The van der Waals surface area contributed by atoms with E-state index < -0.39 is 0 Å². The fourth-order valence-electron chi connectivity index (χ4n) is 14.0. The molecule has 0 fully saturated rings. The Bertz CT molecular complexity index is 4980. The fraction of sp³-hybridized carbons (Fsp3) is 0.110. The zero-order valence-electron chi connectivity index (χ0n) is 43.5. The van der Waals surface area contributed by atoms with Crippen molar-refractivity contribution in [3.05, 3.63) is 258 Å². The summed E-state index contributed by atoms with van der Waals surface area (Å²) in [7, 11) is 0. The third-order valence-corrected chi connectivity index (χ3v) is 19.1. The van der Waals surface area contributed by atoms with Crippen molar-refractivity contribution in [2.24, 2.45) is 16.8 Å². The molecule has 79 heavy (non-hydrogen) atoms. The molecule has 0 saturated heterocycles. The van der Waals surface area contributed by atoms with E-state index >= 15 is 0 Å². The fourth-order valence-corrected chi connectivity index (χ4v) is 15.4. The van der Waals surface area contributed by atoms with Crippen molar-refractivity contribution in [3.8, 4) is 11.4 Å². The van der Waals surface area contributed by atoms with Crippen molar-refractivity contribution in [3.63, 3.8) is 0 Å². The highest BCUT2D eigenvalue weighted by atomic mass is 32.2. The highest BCUT2D eigenvalue weighted by Gasteiger charge is 2.38. The summed E-state index contributed by atoms with van der Waals surface area (Å²) in [5.41, 5.74) is 14.6. The van der Waals surface area contributed by atoms with E-state index in [1.807, 2.05) is 11.8 Å². The van der Waals surface area contributed by atoms with Crippen LogP contribution in [0.4, 0.5) is 0 Å². The van der Waals surface area contributed by atoms with Crippen LogP contribution in [-0.4, -0.2) is 26.3 Å². The molecule has 0 spiro atoms. The number of thioether (sulfide) groups is 1. The first-order chi connectivity index (χ1) is 39.1. The monoisotopic (exact) mass is 1030 g/mol. The molecule has 0 bridgehead atoms. The average Bonchev–Trinajstić information content (AvgIpc) is 4.33. The number of nitrogens with zero attached hydrogens (tertiary/aromatic N) is 3. The Hall–Kier alpha value is -9.10. The van der Waals surface area contributed by atoms with Crippen LogP contribution in [0.1, 0.15) is 37.3 Å². The number of fused-ring (bicyclic) bond motifs is 15. The Morgan fingerprint density at radius 3 is 2.08 bits per heavy atom. The Balaban J connectivity index is 0.933. The quantitative estimate of drug-likeness (QED) is 0.181. The van der Waals surface area contributed by atoms with Gasteiger partial charge in [-0.1, -0.05) is 171 Å². The molecule has 4 aliphatic rings. The van der Waals surface area contributed by atoms with Crippen LogP contribution in [0.2, 0.25) is 0 Å². The number of hydrogen-bond donors (Lipinski definition) is 1. The molecule has 6 heteroatoms. The maximum Gasteiger partial charge on any atom is 0.138 e. The van der Waals surface area contributed by atoms with E-state index in [1.165, 1.54) is 70.0 Å². The van der Waals surface area contributed by atoms with Crippen molar-refractivity contribution in [1.82, 2.24) is 14.5 Å². The molecule has 10 aromatic carbocycles. The molecule has 13 aromatic rings. The maximum atomic E-state index is 7.21. The summed E-state index contributed by atoms with van der Waals surface area (Å²) in [6.45, 7) is 2.32. The molecular weight excluding hydrogens is 981 g/mol. The summed E-state index contributed by atoms with van der Waals surface area (Å²) in [5.74, 6) is 1.52. The molecule has 4 unspecified atom stereocenters. The Morgan fingerprint density at radius 2 is 1.24 bits per heavy atom. The van der Waals surface area contributed by atoms with Crippen molar-refractivity contribution in [1.29, 1.82) is 0 Å². The van der Waals surface area contributed by atoms with Gasteiger partial charge in [-0.2, -0.15) is 0 Å². The van der Waals surface area contributed by atoms with E-state index in [1.54, 1.807) is 5.57 Å². The lowest BCUT2D eigenvalue weighted by molar-refractivity contribution is 0.441. The number of aliphatic imine (C=N–C) groups is 1. The maximum absolute atomic E-state index is 7.21. The van der Waals surface area contributed by atoms with Gasteiger partial charge in [-0.25, -0.2) is 4.99 Å². The Kier molecular flexibility index (Phi) is 9.94. The van der Waals surface area contributed by atoms with E-state index in [4.69, 9.17) is 9.41 Å². The second-order valence-electron chi connectivity index (χ2n) is 22.0. The summed E-state index contributed by atoms with van der Waals surface area (Å²) >= 11 is 2.03. The minimum Gasteiger partial charge on any atom is -0.456 e. The topological polar surface area (TPSA) is 47.4 Å². The zero-order valence-corrected chi connectivity index (χ0v) is 44.3. The molecule has 376 valence electrons. The van der Waals surface area contributed by atoms with Crippen LogP contribution in [-0.2, 0) is 0 Å². The van der Waals surface area contributed by atoms with Crippen LogP contribution in [0.25, 0.3) is 115 Å². The van der Waals surface area contributed by atoms with Gasteiger partial charge in [-0.15, -0.1) is 11.8 Å². The van der Waals surface area contributed by atoms with Crippen molar-refractivity contribution < 1.29 is 4.42 Å². The highest BCUT2D eigenvalue weighted by Crippen LogP contribution is 2.51. The third-order valence-electron chi connectivity index (χ3n) is 17.7. The van der Waals surface area contributed by atoms with Crippen LogP contribution in [0.3, 0.4) is 0 Å². The van der Waals surface area contributed by atoms with E-state index in [-0.39, 0.29) is 12.0 Å². The summed E-state index contributed by atoms with van der Waals surface area (Å²) < 4.78 is 12.2. The third kappa shape index (κ3) is 6.93. The first-order valence-electron chi connectivity index (χ1n) is 27.9. The first-order valence-corrected chi connectivity index (χ1v) is 28.8. The minimum atomic E-state index is 0.0641. The van der Waals surface area contributed by atoms with Gasteiger partial charge in [0, 0.05) is 71.8 Å². The smallest absolute Gasteiger partial charge is 0.138 e. The molecule has 5 nitrogen and oxygen atoms in total. The molecule has 0 saturated carbocycles. The van der Waals surface area contributed by atoms with Crippen molar-refractivity contribution in [2.75, 3.05) is 0 Å². The van der Waals surface area contributed by atoms with Gasteiger partial charge < -0.3 is 18.9 Å². The highest BCUT2D eigenvalue weighted by molar-refractivity contribution is 8.04.